The van der Waals surface area contributed by atoms with Gasteiger partial charge in [0.15, 0.2) is 5.82 Å². The minimum Gasteiger partial charge on any atom is -0.248 e. The number of pyridine rings is 1. The van der Waals surface area contributed by atoms with Crippen LogP contribution in [0.1, 0.15) is 0 Å². The highest BCUT2D eigenvalue weighted by Gasteiger charge is 2.41. The van der Waals surface area contributed by atoms with E-state index in [0.717, 1.165) is 61.9 Å². The fourth-order valence-corrected chi connectivity index (χ4v) is 10.3. The summed E-state index contributed by atoms with van der Waals surface area (Å²) in [5.41, 5.74) is 14.2. The molecule has 0 unspecified atom stereocenters. The second-order valence-electron chi connectivity index (χ2n) is 13.7. The molecule has 0 N–H and O–H groups in total. The number of benzene rings is 6. The van der Waals surface area contributed by atoms with Gasteiger partial charge in [-0.2, -0.15) is 0 Å². The summed E-state index contributed by atoms with van der Waals surface area (Å²) >= 11 is 0. The van der Waals surface area contributed by atoms with Crippen LogP contribution in [0.3, 0.4) is 0 Å². The molecule has 1 aliphatic heterocycles. The molecule has 8 aromatic rings. The van der Waals surface area contributed by atoms with E-state index in [9.17, 15) is 0 Å². The van der Waals surface area contributed by atoms with Crippen LogP contribution in [0, 0.1) is 0 Å². The highest BCUT2D eigenvalue weighted by atomic mass is 28.3. The number of hydrogen-bond acceptors (Lipinski definition) is 3. The first kappa shape index (κ1) is 30.8. The van der Waals surface area contributed by atoms with Crippen LogP contribution in [0.2, 0.25) is 13.1 Å². The minimum atomic E-state index is -2.05. The molecular weight excluding hydrogens is 635 g/mol. The maximum Gasteiger partial charge on any atom is 0.159 e. The van der Waals surface area contributed by atoms with E-state index >= 15 is 0 Å². The Bertz CT molecular complexity index is 2490. The summed E-state index contributed by atoms with van der Waals surface area (Å²) < 4.78 is 0. The fraction of sp³-hybridized carbons (Fsp3) is 0.0426. The maximum absolute atomic E-state index is 5.39. The largest absolute Gasteiger partial charge is 0.248 e. The van der Waals surface area contributed by atoms with Crippen molar-refractivity contribution in [3.8, 4) is 78.5 Å². The monoisotopic (exact) mass is 669 g/mol. The number of rotatable bonds is 6. The molecule has 6 aromatic carbocycles. The lowest BCUT2D eigenvalue weighted by Crippen LogP contribution is -2.50. The summed E-state index contributed by atoms with van der Waals surface area (Å²) in [6, 6.07) is 62.1. The predicted molar refractivity (Wildman–Crippen MR) is 215 cm³/mol. The molecule has 0 saturated heterocycles. The number of hydrogen-bond donors (Lipinski definition) is 0. The van der Waals surface area contributed by atoms with Gasteiger partial charge in [-0.3, -0.25) is 0 Å². The third-order valence-electron chi connectivity index (χ3n) is 10.0. The summed E-state index contributed by atoms with van der Waals surface area (Å²) in [5, 5.41) is 2.63. The molecule has 4 heteroatoms. The molecular formula is C47H35N3Si. The molecule has 3 nitrogen and oxygen atoms in total. The van der Waals surface area contributed by atoms with E-state index in [1.165, 1.54) is 27.2 Å². The molecule has 0 aliphatic carbocycles. The van der Waals surface area contributed by atoms with Gasteiger partial charge in [0.05, 0.1) is 17.1 Å². The lowest BCUT2D eigenvalue weighted by atomic mass is 9.97. The van der Waals surface area contributed by atoms with E-state index in [1.54, 1.807) is 0 Å². The van der Waals surface area contributed by atoms with Gasteiger partial charge in [0.1, 0.15) is 8.07 Å². The van der Waals surface area contributed by atoms with E-state index < -0.39 is 8.07 Å². The van der Waals surface area contributed by atoms with Crippen LogP contribution in [-0.2, 0) is 0 Å². The van der Waals surface area contributed by atoms with Crippen LogP contribution < -0.4 is 10.5 Å². The average molecular weight is 670 g/mol. The zero-order chi connectivity index (χ0) is 34.4. The Kier molecular flexibility index (Phi) is 7.60. The highest BCUT2D eigenvalue weighted by molar-refractivity contribution is 7.03. The van der Waals surface area contributed by atoms with Gasteiger partial charge in [-0.25, -0.2) is 15.0 Å². The van der Waals surface area contributed by atoms with Gasteiger partial charge >= 0.3 is 0 Å². The van der Waals surface area contributed by atoms with Crippen molar-refractivity contribution in [2.75, 3.05) is 0 Å². The summed E-state index contributed by atoms with van der Waals surface area (Å²) in [4.78, 5) is 15.9. The van der Waals surface area contributed by atoms with Crippen molar-refractivity contribution in [2.24, 2.45) is 0 Å². The molecule has 2 aromatic heterocycles. The van der Waals surface area contributed by atoms with E-state index in [1.807, 2.05) is 6.07 Å². The first-order chi connectivity index (χ1) is 25.0. The quantitative estimate of drug-likeness (QED) is 0.165. The molecule has 51 heavy (non-hydrogen) atoms. The van der Waals surface area contributed by atoms with E-state index in [4.69, 9.17) is 15.0 Å². The Hall–Kier alpha value is -6.23. The summed E-state index contributed by atoms with van der Waals surface area (Å²) in [5.74, 6) is 0.767. The van der Waals surface area contributed by atoms with E-state index in [-0.39, 0.29) is 0 Å². The Morgan fingerprint density at radius 1 is 0.373 bits per heavy atom. The third-order valence-corrected chi connectivity index (χ3v) is 13.4. The molecule has 3 heterocycles. The van der Waals surface area contributed by atoms with Crippen LogP contribution in [0.4, 0.5) is 0 Å². The van der Waals surface area contributed by atoms with Crippen molar-refractivity contribution >= 4 is 18.6 Å². The molecule has 242 valence electrons. The third kappa shape index (κ3) is 5.60. The van der Waals surface area contributed by atoms with Crippen molar-refractivity contribution in [1.29, 1.82) is 0 Å². The van der Waals surface area contributed by atoms with Crippen LogP contribution in [0.25, 0.3) is 78.5 Å². The normalized spacial score (nSPS) is 12.7. The lowest BCUT2D eigenvalue weighted by molar-refractivity contribution is 1.21. The van der Waals surface area contributed by atoms with Crippen LogP contribution in [0.5, 0.6) is 0 Å². The first-order valence-electron chi connectivity index (χ1n) is 17.4. The fourth-order valence-electron chi connectivity index (χ4n) is 7.40. The Labute approximate surface area is 300 Å². The average Bonchev–Trinajstić information content (AvgIpc) is 3.44. The molecule has 1 aliphatic rings. The van der Waals surface area contributed by atoms with Gasteiger partial charge in [0.2, 0.25) is 0 Å². The number of nitrogens with zero attached hydrogens (tertiary/aromatic N) is 3. The summed E-state index contributed by atoms with van der Waals surface area (Å²) in [6.07, 6.45) is 0. The number of aromatic nitrogens is 3. The van der Waals surface area contributed by atoms with Gasteiger partial charge in [0, 0.05) is 33.1 Å². The van der Waals surface area contributed by atoms with Gasteiger partial charge < -0.3 is 0 Å². The molecule has 0 spiro atoms. The zero-order valence-electron chi connectivity index (χ0n) is 28.6. The topological polar surface area (TPSA) is 38.7 Å². The molecule has 0 bridgehead atoms. The summed E-state index contributed by atoms with van der Waals surface area (Å²) in [7, 11) is -2.05. The van der Waals surface area contributed by atoms with Crippen molar-refractivity contribution in [2.45, 2.75) is 13.1 Å². The molecule has 9 rings (SSSR count). The first-order valence-corrected chi connectivity index (χ1v) is 20.4. The van der Waals surface area contributed by atoms with Crippen molar-refractivity contribution in [3.63, 3.8) is 0 Å². The lowest BCUT2D eigenvalue weighted by Gasteiger charge is -2.19. The minimum absolute atomic E-state index is 0.767. The SMILES string of the molecule is C[Si]1(C)c2ccccc2-c2c(-c3ccccc3)nc(-c3cccc(-c4cccc(-c5cc(-c6ccccc6)cc(-c6ccccc6)n5)c4)c3)nc21. The summed E-state index contributed by atoms with van der Waals surface area (Å²) in [6.45, 7) is 4.82. The Balaban J connectivity index is 1.15. The van der Waals surface area contributed by atoms with E-state index in [0.29, 0.717) is 0 Å². The Morgan fingerprint density at radius 2 is 0.882 bits per heavy atom. The van der Waals surface area contributed by atoms with Gasteiger partial charge in [-0.05, 0) is 57.3 Å². The van der Waals surface area contributed by atoms with Gasteiger partial charge in [-0.1, -0.05) is 165 Å². The predicted octanol–water partition coefficient (Wildman–Crippen LogP) is 10.7. The Morgan fingerprint density at radius 3 is 1.57 bits per heavy atom. The van der Waals surface area contributed by atoms with Gasteiger partial charge in [-0.15, -0.1) is 0 Å². The zero-order valence-corrected chi connectivity index (χ0v) is 29.6. The van der Waals surface area contributed by atoms with Crippen LogP contribution >= 0.6 is 0 Å². The smallest absolute Gasteiger partial charge is 0.159 e. The standard InChI is InChI=1S/C47H35N3Si/c1-51(2)43-27-13-12-26-40(43)44-45(34-20-10-5-11-21-34)49-46(50-47(44)51)38-25-15-23-36(29-38)35-22-14-24-37(28-35)42-31-39(32-16-6-3-7-17-32)30-41(48-42)33-18-8-4-9-19-33/h3-31H,1-2H3. The maximum atomic E-state index is 5.39. The highest BCUT2D eigenvalue weighted by Crippen LogP contribution is 2.37. The molecule has 0 radical (unpaired) electrons. The van der Waals surface area contributed by atoms with E-state index in [2.05, 4.69) is 183 Å². The second-order valence-corrected chi connectivity index (χ2v) is 17.9. The molecule has 0 saturated carbocycles. The van der Waals surface area contributed by atoms with Crippen LogP contribution in [-0.4, -0.2) is 23.0 Å². The second kappa shape index (κ2) is 12.6. The molecule has 0 amide bonds. The molecule has 0 atom stereocenters. The van der Waals surface area contributed by atoms with Crippen molar-refractivity contribution < 1.29 is 0 Å². The van der Waals surface area contributed by atoms with Crippen molar-refractivity contribution in [3.05, 3.63) is 176 Å². The van der Waals surface area contributed by atoms with Crippen molar-refractivity contribution in [1.82, 2.24) is 15.0 Å². The van der Waals surface area contributed by atoms with Gasteiger partial charge in [0.25, 0.3) is 0 Å². The van der Waals surface area contributed by atoms with Crippen LogP contribution in [0.15, 0.2) is 176 Å². The molecule has 0 fully saturated rings. The number of fused-ring (bicyclic) bond motifs is 3.